The SMILES string of the molecule is C[C@@H](Oc1ccccc1F)C(=O)NNC(=O)[C@@H](C)Oc1ccccc1Cl. The fourth-order valence-electron chi connectivity index (χ4n) is 1.90. The molecule has 0 radical (unpaired) electrons. The van der Waals surface area contributed by atoms with Crippen molar-refractivity contribution in [2.24, 2.45) is 0 Å². The lowest BCUT2D eigenvalue weighted by molar-refractivity contribution is -0.135. The molecule has 8 heteroatoms. The highest BCUT2D eigenvalue weighted by Gasteiger charge is 2.20. The molecule has 0 aliphatic heterocycles. The highest BCUT2D eigenvalue weighted by atomic mass is 35.5. The smallest absolute Gasteiger partial charge is 0.279 e. The summed E-state index contributed by atoms with van der Waals surface area (Å²) < 4.78 is 24.2. The normalized spacial score (nSPS) is 12.6. The van der Waals surface area contributed by atoms with Crippen LogP contribution in [0.1, 0.15) is 13.8 Å². The molecule has 26 heavy (non-hydrogen) atoms. The van der Waals surface area contributed by atoms with Gasteiger partial charge < -0.3 is 9.47 Å². The van der Waals surface area contributed by atoms with Crippen molar-refractivity contribution >= 4 is 23.4 Å². The Morgan fingerprint density at radius 2 is 1.35 bits per heavy atom. The van der Waals surface area contributed by atoms with Crippen LogP contribution >= 0.6 is 11.6 Å². The molecular formula is C18H18ClFN2O4. The van der Waals surface area contributed by atoms with Gasteiger partial charge in [-0.3, -0.25) is 20.4 Å². The zero-order valence-electron chi connectivity index (χ0n) is 14.2. The van der Waals surface area contributed by atoms with Gasteiger partial charge in [0.25, 0.3) is 11.8 Å². The number of benzene rings is 2. The molecule has 2 atom stereocenters. The predicted octanol–water partition coefficient (Wildman–Crippen LogP) is 2.86. The van der Waals surface area contributed by atoms with E-state index in [1.165, 1.54) is 32.0 Å². The van der Waals surface area contributed by atoms with Crippen molar-refractivity contribution in [3.8, 4) is 11.5 Å². The topological polar surface area (TPSA) is 76.7 Å². The Bertz CT molecular complexity index is 722. The molecule has 0 unspecified atom stereocenters. The summed E-state index contributed by atoms with van der Waals surface area (Å²) in [6, 6.07) is 12.4. The average molecular weight is 381 g/mol. The van der Waals surface area contributed by atoms with Gasteiger partial charge >= 0.3 is 0 Å². The van der Waals surface area contributed by atoms with Crippen LogP contribution in [0.4, 0.5) is 4.39 Å². The Morgan fingerprint density at radius 3 is 1.88 bits per heavy atom. The summed E-state index contributed by atoms with van der Waals surface area (Å²) in [5, 5.41) is 0.364. The molecule has 2 aromatic rings. The van der Waals surface area contributed by atoms with Crippen LogP contribution in [0, 0.1) is 5.82 Å². The summed E-state index contributed by atoms with van der Waals surface area (Å²) in [5.41, 5.74) is 4.43. The van der Waals surface area contributed by atoms with E-state index in [4.69, 9.17) is 21.1 Å². The van der Waals surface area contributed by atoms with Crippen molar-refractivity contribution in [2.75, 3.05) is 0 Å². The lowest BCUT2D eigenvalue weighted by Crippen LogP contribution is -2.50. The maximum Gasteiger partial charge on any atom is 0.279 e. The molecule has 0 heterocycles. The van der Waals surface area contributed by atoms with E-state index in [1.54, 1.807) is 30.3 Å². The van der Waals surface area contributed by atoms with E-state index < -0.39 is 29.8 Å². The second kappa shape index (κ2) is 9.05. The highest BCUT2D eigenvalue weighted by Crippen LogP contribution is 2.24. The molecule has 0 saturated heterocycles. The molecule has 0 aliphatic rings. The van der Waals surface area contributed by atoms with E-state index in [0.29, 0.717) is 10.8 Å². The number of nitrogens with one attached hydrogen (secondary N) is 2. The molecular weight excluding hydrogens is 363 g/mol. The summed E-state index contributed by atoms with van der Waals surface area (Å²) in [4.78, 5) is 24.0. The number of hydrogen-bond donors (Lipinski definition) is 2. The second-order valence-corrected chi connectivity index (χ2v) is 5.77. The second-order valence-electron chi connectivity index (χ2n) is 5.36. The largest absolute Gasteiger partial charge is 0.479 e. The number of para-hydroxylation sites is 2. The molecule has 0 fully saturated rings. The molecule has 6 nitrogen and oxygen atoms in total. The Kier molecular flexibility index (Phi) is 6.80. The standard InChI is InChI=1S/C18H18ClFN2O4/c1-11(25-15-9-5-3-7-13(15)19)17(23)21-22-18(24)12(2)26-16-10-6-4-8-14(16)20/h3-12H,1-2H3,(H,21,23)(H,22,24)/t11-,12-/m1/s1. The van der Waals surface area contributed by atoms with E-state index in [9.17, 15) is 14.0 Å². The van der Waals surface area contributed by atoms with Gasteiger partial charge in [-0.05, 0) is 38.1 Å². The van der Waals surface area contributed by atoms with Gasteiger partial charge in [-0.1, -0.05) is 35.9 Å². The number of halogens is 2. The first-order chi connectivity index (χ1) is 12.4. The van der Waals surface area contributed by atoms with Gasteiger partial charge in [-0.15, -0.1) is 0 Å². The number of amides is 2. The minimum absolute atomic E-state index is 0.0584. The lowest BCUT2D eigenvalue weighted by atomic mass is 10.3. The third-order valence-electron chi connectivity index (χ3n) is 3.33. The van der Waals surface area contributed by atoms with Crippen molar-refractivity contribution in [3.63, 3.8) is 0 Å². The maximum absolute atomic E-state index is 13.5. The summed E-state index contributed by atoms with van der Waals surface area (Å²) in [5.74, 6) is -1.53. The number of carbonyl (C=O) groups excluding carboxylic acids is 2. The first-order valence-electron chi connectivity index (χ1n) is 7.80. The van der Waals surface area contributed by atoms with Crippen LogP contribution in [-0.2, 0) is 9.59 Å². The Balaban J connectivity index is 1.83. The third-order valence-corrected chi connectivity index (χ3v) is 3.64. The van der Waals surface area contributed by atoms with Crippen molar-refractivity contribution in [2.45, 2.75) is 26.1 Å². The molecule has 0 aliphatic carbocycles. The summed E-state index contributed by atoms with van der Waals surface area (Å²) in [7, 11) is 0. The summed E-state index contributed by atoms with van der Waals surface area (Å²) >= 11 is 5.96. The van der Waals surface area contributed by atoms with Crippen LogP contribution in [-0.4, -0.2) is 24.0 Å². The van der Waals surface area contributed by atoms with Crippen molar-refractivity contribution in [1.82, 2.24) is 10.9 Å². The quantitative estimate of drug-likeness (QED) is 0.755. The van der Waals surface area contributed by atoms with Crippen LogP contribution in [0.25, 0.3) is 0 Å². The fraction of sp³-hybridized carbons (Fsp3) is 0.222. The molecule has 2 rings (SSSR count). The van der Waals surface area contributed by atoms with Crippen LogP contribution in [0.2, 0.25) is 5.02 Å². The zero-order chi connectivity index (χ0) is 19.1. The number of hydrogen-bond acceptors (Lipinski definition) is 4. The van der Waals surface area contributed by atoms with Gasteiger partial charge in [0.05, 0.1) is 5.02 Å². The van der Waals surface area contributed by atoms with Crippen molar-refractivity contribution in [1.29, 1.82) is 0 Å². The molecule has 0 aromatic heterocycles. The van der Waals surface area contributed by atoms with Gasteiger partial charge in [-0.2, -0.15) is 0 Å². The minimum Gasteiger partial charge on any atom is -0.479 e. The Labute approximate surface area is 155 Å². The van der Waals surface area contributed by atoms with E-state index in [0.717, 1.165) is 0 Å². The van der Waals surface area contributed by atoms with Gasteiger partial charge in [0.15, 0.2) is 23.8 Å². The van der Waals surface area contributed by atoms with Crippen LogP contribution in [0.5, 0.6) is 11.5 Å². The maximum atomic E-state index is 13.5. The van der Waals surface area contributed by atoms with Crippen molar-refractivity contribution < 1.29 is 23.5 Å². The summed E-state index contributed by atoms with van der Waals surface area (Å²) in [6.45, 7) is 2.93. The number of carbonyl (C=O) groups is 2. The minimum atomic E-state index is -1.02. The average Bonchev–Trinajstić information content (AvgIpc) is 2.63. The van der Waals surface area contributed by atoms with Gasteiger partial charge in [0.1, 0.15) is 5.75 Å². The van der Waals surface area contributed by atoms with Crippen molar-refractivity contribution in [3.05, 3.63) is 59.4 Å². The zero-order valence-corrected chi connectivity index (χ0v) is 14.9. The van der Waals surface area contributed by atoms with E-state index in [1.807, 2.05) is 0 Å². The highest BCUT2D eigenvalue weighted by molar-refractivity contribution is 6.32. The number of ether oxygens (including phenoxy) is 2. The van der Waals surface area contributed by atoms with Gasteiger partial charge in [-0.25, -0.2) is 4.39 Å². The predicted molar refractivity (Wildman–Crippen MR) is 94.3 cm³/mol. The van der Waals surface area contributed by atoms with Crippen LogP contribution in [0.3, 0.4) is 0 Å². The first kappa shape index (κ1) is 19.5. The van der Waals surface area contributed by atoms with Gasteiger partial charge in [0.2, 0.25) is 0 Å². The lowest BCUT2D eigenvalue weighted by Gasteiger charge is -2.18. The Hall–Kier alpha value is -2.80. The molecule has 0 bridgehead atoms. The molecule has 2 amide bonds. The van der Waals surface area contributed by atoms with Gasteiger partial charge in [0, 0.05) is 0 Å². The third kappa shape index (κ3) is 5.35. The molecule has 0 spiro atoms. The Morgan fingerprint density at radius 1 is 0.885 bits per heavy atom. The van der Waals surface area contributed by atoms with E-state index >= 15 is 0 Å². The number of hydrazine groups is 1. The van der Waals surface area contributed by atoms with E-state index in [-0.39, 0.29) is 5.75 Å². The first-order valence-corrected chi connectivity index (χ1v) is 8.18. The molecule has 0 saturated carbocycles. The fourth-order valence-corrected chi connectivity index (χ4v) is 2.08. The molecule has 2 aromatic carbocycles. The monoisotopic (exact) mass is 380 g/mol. The van der Waals surface area contributed by atoms with Crippen LogP contribution in [0.15, 0.2) is 48.5 Å². The molecule has 138 valence electrons. The summed E-state index contributed by atoms with van der Waals surface area (Å²) in [6.07, 6.45) is -1.93. The van der Waals surface area contributed by atoms with Crippen LogP contribution < -0.4 is 20.3 Å². The number of rotatable bonds is 6. The van der Waals surface area contributed by atoms with E-state index in [2.05, 4.69) is 10.9 Å². The molecule has 2 N–H and O–H groups in total.